The molecule has 0 radical (unpaired) electrons. The molecule has 0 saturated carbocycles. The molecule has 1 aromatic heterocycles. The van der Waals surface area contributed by atoms with Gasteiger partial charge in [0, 0.05) is 44.6 Å². The number of hydrogen-bond donors (Lipinski definition) is 1. The van der Waals surface area contributed by atoms with E-state index in [0.29, 0.717) is 21.1 Å². The normalized spacial score (nSPS) is 14.6. The van der Waals surface area contributed by atoms with Crippen molar-refractivity contribution in [2.24, 2.45) is 0 Å². The van der Waals surface area contributed by atoms with Gasteiger partial charge in [-0.15, -0.1) is 0 Å². The van der Waals surface area contributed by atoms with Crippen LogP contribution >= 0.6 is 35.0 Å². The highest BCUT2D eigenvalue weighted by molar-refractivity contribution is 8.04. The summed E-state index contributed by atoms with van der Waals surface area (Å²) in [7, 11) is -3.78. The molecule has 10 heteroatoms. The van der Waals surface area contributed by atoms with E-state index in [0.717, 1.165) is 16.5 Å². The third-order valence-corrected chi connectivity index (χ3v) is 9.21. The van der Waals surface area contributed by atoms with E-state index < -0.39 is 9.84 Å². The van der Waals surface area contributed by atoms with Crippen LogP contribution in [0.15, 0.2) is 81.6 Å². The third-order valence-electron chi connectivity index (χ3n) is 5.77. The molecule has 0 atom stereocenters. The Kier molecular flexibility index (Phi) is 6.46. The van der Waals surface area contributed by atoms with Crippen molar-refractivity contribution in [1.29, 1.82) is 0 Å². The van der Waals surface area contributed by atoms with Gasteiger partial charge in [0.05, 0.1) is 26.8 Å². The molecule has 0 unspecified atom stereocenters. The molecule has 3 aromatic carbocycles. The smallest absolute Gasteiger partial charge is 0.262 e. The topological polar surface area (TPSA) is 85.2 Å². The highest BCUT2D eigenvalue weighted by Crippen LogP contribution is 2.41. The zero-order valence-electron chi connectivity index (χ0n) is 18.8. The number of carbonyl (C=O) groups excluding carboxylic acids is 2. The van der Waals surface area contributed by atoms with E-state index >= 15 is 0 Å². The zero-order valence-corrected chi connectivity index (χ0v) is 21.9. The Morgan fingerprint density at radius 1 is 1.06 bits per heavy atom. The zero-order chi connectivity index (χ0) is 25.6. The van der Waals surface area contributed by atoms with Crippen LogP contribution in [0.1, 0.15) is 22.8 Å². The highest BCUT2D eigenvalue weighted by atomic mass is 35.5. The predicted octanol–water partition coefficient (Wildman–Crippen LogP) is 6.67. The van der Waals surface area contributed by atoms with Gasteiger partial charge in [-0.1, -0.05) is 59.2 Å². The third kappa shape index (κ3) is 4.57. The average molecular weight is 557 g/mol. The number of nitrogens with one attached hydrogen (secondary N) is 1. The fraction of sp³-hybridized carbons (Fsp3) is 0.0769. The molecule has 0 bridgehead atoms. The van der Waals surface area contributed by atoms with Gasteiger partial charge in [-0.3, -0.25) is 14.2 Å². The van der Waals surface area contributed by atoms with Gasteiger partial charge in [-0.05, 0) is 42.5 Å². The lowest BCUT2D eigenvalue weighted by atomic mass is 10.1. The number of para-hydroxylation sites is 1. The molecule has 1 aliphatic heterocycles. The first-order chi connectivity index (χ1) is 17.1. The summed E-state index contributed by atoms with van der Waals surface area (Å²) in [6.45, 7) is 1.48. The second kappa shape index (κ2) is 9.44. The molecular weight excluding hydrogens is 539 g/mol. The number of carbonyl (C=O) groups is 2. The van der Waals surface area contributed by atoms with E-state index in [1.807, 2.05) is 24.3 Å². The highest BCUT2D eigenvalue weighted by Gasteiger charge is 2.25. The van der Waals surface area contributed by atoms with Gasteiger partial charge < -0.3 is 5.32 Å². The van der Waals surface area contributed by atoms with Gasteiger partial charge in [-0.2, -0.15) is 0 Å². The lowest BCUT2D eigenvalue weighted by Gasteiger charge is -2.19. The van der Waals surface area contributed by atoms with Crippen LogP contribution in [0.5, 0.6) is 0 Å². The molecule has 6 nitrogen and oxygen atoms in total. The van der Waals surface area contributed by atoms with Crippen LogP contribution in [-0.4, -0.2) is 24.8 Å². The Morgan fingerprint density at radius 2 is 1.78 bits per heavy atom. The van der Waals surface area contributed by atoms with Crippen molar-refractivity contribution in [2.75, 3.05) is 5.32 Å². The minimum atomic E-state index is -3.78. The van der Waals surface area contributed by atoms with Gasteiger partial charge in [0.2, 0.25) is 5.91 Å². The van der Waals surface area contributed by atoms with Gasteiger partial charge in [0.1, 0.15) is 0 Å². The number of thioether (sulfide) groups is 1. The molecule has 0 saturated heterocycles. The van der Waals surface area contributed by atoms with Gasteiger partial charge >= 0.3 is 0 Å². The van der Waals surface area contributed by atoms with Crippen molar-refractivity contribution in [3.63, 3.8) is 0 Å². The standard InChI is InChI=1S/C26H18Cl2N2O4S2/c1-15(31)30-13-16(18-5-2-3-8-23(18)30)11-25-26(32)29-22-12-17(9-10-24(22)35-25)36(33,34)14-19-20(27)6-4-7-21(19)28/h2-13H,14H2,1H3,(H,29,32). The Labute approximate surface area is 221 Å². The van der Waals surface area contributed by atoms with E-state index in [1.54, 1.807) is 41.1 Å². The number of aromatic nitrogens is 1. The first kappa shape index (κ1) is 24.6. The summed E-state index contributed by atoms with van der Waals surface area (Å²) in [4.78, 5) is 26.1. The van der Waals surface area contributed by atoms with Gasteiger partial charge in [0.25, 0.3) is 5.91 Å². The molecule has 2 heterocycles. The van der Waals surface area contributed by atoms with E-state index in [4.69, 9.17) is 23.2 Å². The van der Waals surface area contributed by atoms with E-state index in [2.05, 4.69) is 5.32 Å². The molecule has 182 valence electrons. The molecule has 36 heavy (non-hydrogen) atoms. The van der Waals surface area contributed by atoms with Crippen molar-refractivity contribution in [3.8, 4) is 0 Å². The van der Waals surface area contributed by atoms with Gasteiger partial charge in [-0.25, -0.2) is 8.42 Å². The minimum absolute atomic E-state index is 0.0510. The number of halogens is 2. The lowest BCUT2D eigenvalue weighted by Crippen LogP contribution is -2.18. The van der Waals surface area contributed by atoms with Crippen LogP contribution in [0.2, 0.25) is 10.0 Å². The molecular formula is C26H18Cl2N2O4S2. The molecule has 1 N–H and O–H groups in total. The second-order valence-corrected chi connectivity index (χ2v) is 12.1. The summed E-state index contributed by atoms with van der Waals surface area (Å²) < 4.78 is 27.7. The number of hydrogen-bond acceptors (Lipinski definition) is 5. The van der Waals surface area contributed by atoms with Crippen molar-refractivity contribution < 1.29 is 18.0 Å². The molecule has 1 amide bonds. The number of nitrogens with zero attached hydrogens (tertiary/aromatic N) is 1. The second-order valence-electron chi connectivity index (χ2n) is 8.17. The molecule has 4 aromatic rings. The molecule has 0 spiro atoms. The van der Waals surface area contributed by atoms with Crippen molar-refractivity contribution in [2.45, 2.75) is 22.5 Å². The number of anilines is 1. The van der Waals surface area contributed by atoms with Crippen LogP contribution in [0.25, 0.3) is 17.0 Å². The number of fused-ring (bicyclic) bond motifs is 2. The van der Waals surface area contributed by atoms with Crippen molar-refractivity contribution in [3.05, 3.63) is 92.9 Å². The monoisotopic (exact) mass is 556 g/mol. The Balaban J connectivity index is 1.47. The predicted molar refractivity (Wildman–Crippen MR) is 144 cm³/mol. The minimum Gasteiger partial charge on any atom is -0.320 e. The van der Waals surface area contributed by atoms with E-state index in [9.17, 15) is 18.0 Å². The van der Waals surface area contributed by atoms with Crippen LogP contribution < -0.4 is 5.32 Å². The fourth-order valence-electron chi connectivity index (χ4n) is 4.00. The number of amides is 1. The SMILES string of the molecule is CC(=O)n1cc(C=C2Sc3ccc(S(=O)(=O)Cc4c(Cl)cccc4Cl)cc3NC2=O)c2ccccc21. The maximum atomic E-state index is 13.1. The van der Waals surface area contributed by atoms with E-state index in [1.165, 1.54) is 30.8 Å². The van der Waals surface area contributed by atoms with Crippen LogP contribution in [0, 0.1) is 0 Å². The summed E-state index contributed by atoms with van der Waals surface area (Å²) in [6.07, 6.45) is 3.44. The van der Waals surface area contributed by atoms with Crippen LogP contribution in [-0.2, 0) is 20.4 Å². The summed E-state index contributed by atoms with van der Waals surface area (Å²) in [5.74, 6) is -0.860. The fourth-order valence-corrected chi connectivity index (χ4v) is 7.04. The first-order valence-electron chi connectivity index (χ1n) is 10.8. The summed E-state index contributed by atoms with van der Waals surface area (Å²) in [6, 6.07) is 16.9. The average Bonchev–Trinajstić information content (AvgIpc) is 3.20. The lowest BCUT2D eigenvalue weighted by molar-refractivity contribution is -0.112. The number of sulfone groups is 1. The first-order valence-corrected chi connectivity index (χ1v) is 14.0. The Hall–Kier alpha value is -3.04. The molecule has 0 aliphatic carbocycles. The molecule has 1 aliphatic rings. The number of benzene rings is 3. The molecule has 0 fully saturated rings. The van der Waals surface area contributed by atoms with Crippen LogP contribution in [0.4, 0.5) is 5.69 Å². The Bertz CT molecular complexity index is 1690. The molecule has 5 rings (SSSR count). The maximum Gasteiger partial charge on any atom is 0.262 e. The summed E-state index contributed by atoms with van der Waals surface area (Å²) >= 11 is 13.6. The summed E-state index contributed by atoms with van der Waals surface area (Å²) in [5.41, 5.74) is 2.22. The quantitative estimate of drug-likeness (QED) is 0.284. The maximum absolute atomic E-state index is 13.1. The number of rotatable bonds is 4. The summed E-state index contributed by atoms with van der Waals surface area (Å²) in [5, 5.41) is 4.18. The largest absolute Gasteiger partial charge is 0.320 e. The van der Waals surface area contributed by atoms with Crippen LogP contribution in [0.3, 0.4) is 0 Å². The van der Waals surface area contributed by atoms with Gasteiger partial charge in [0.15, 0.2) is 9.84 Å². The van der Waals surface area contributed by atoms with Crippen molar-refractivity contribution in [1.82, 2.24) is 4.57 Å². The van der Waals surface area contributed by atoms with Crippen molar-refractivity contribution >= 4 is 79.3 Å². The Morgan fingerprint density at radius 3 is 2.50 bits per heavy atom. The van der Waals surface area contributed by atoms with E-state index in [-0.39, 0.29) is 32.5 Å².